The summed E-state index contributed by atoms with van der Waals surface area (Å²) < 4.78 is 1.17. The van der Waals surface area contributed by atoms with Crippen molar-refractivity contribution in [2.24, 2.45) is 0 Å². The van der Waals surface area contributed by atoms with Gasteiger partial charge >= 0.3 is 0 Å². The van der Waals surface area contributed by atoms with Gasteiger partial charge in [-0.2, -0.15) is 0 Å². The average Bonchev–Trinajstić information content (AvgIpc) is 2.40. The molecule has 1 atom stereocenters. The first kappa shape index (κ1) is 14.2. The summed E-state index contributed by atoms with van der Waals surface area (Å²) in [6.07, 6.45) is 3.83. The van der Waals surface area contributed by atoms with Crippen LogP contribution in [0.5, 0.6) is 0 Å². The van der Waals surface area contributed by atoms with Gasteiger partial charge in [-0.15, -0.1) is 0 Å². The summed E-state index contributed by atoms with van der Waals surface area (Å²) in [7, 11) is 0. The van der Waals surface area contributed by atoms with Gasteiger partial charge in [0.2, 0.25) is 0 Å². The molecule has 0 spiro atoms. The number of rotatable bonds is 4. The number of aryl methyl sites for hydroxylation is 2. The summed E-state index contributed by atoms with van der Waals surface area (Å²) in [6, 6.07) is 8.74. The fourth-order valence-electron chi connectivity index (χ4n) is 2.24. The van der Waals surface area contributed by atoms with Crippen LogP contribution in [-0.2, 0) is 0 Å². The zero-order chi connectivity index (χ0) is 13.8. The van der Waals surface area contributed by atoms with Crippen molar-refractivity contribution in [1.82, 2.24) is 10.3 Å². The lowest BCUT2D eigenvalue weighted by molar-refractivity contribution is 0.625. The van der Waals surface area contributed by atoms with E-state index in [1.807, 2.05) is 12.4 Å². The van der Waals surface area contributed by atoms with E-state index in [2.05, 4.69) is 71.3 Å². The topological polar surface area (TPSA) is 24.9 Å². The highest BCUT2D eigenvalue weighted by Crippen LogP contribution is 2.30. The van der Waals surface area contributed by atoms with Crippen LogP contribution >= 0.6 is 15.9 Å². The average molecular weight is 319 g/mol. The van der Waals surface area contributed by atoms with Crippen LogP contribution in [0.4, 0.5) is 0 Å². The van der Waals surface area contributed by atoms with E-state index < -0.39 is 0 Å². The van der Waals surface area contributed by atoms with Gasteiger partial charge in [0.15, 0.2) is 0 Å². The van der Waals surface area contributed by atoms with Crippen molar-refractivity contribution in [2.45, 2.75) is 26.8 Å². The van der Waals surface area contributed by atoms with Gasteiger partial charge in [0.1, 0.15) is 0 Å². The molecule has 2 rings (SSSR count). The quantitative estimate of drug-likeness (QED) is 0.915. The lowest BCUT2D eigenvalue weighted by Crippen LogP contribution is -2.22. The molecule has 2 aromatic rings. The van der Waals surface area contributed by atoms with E-state index in [1.165, 1.54) is 26.7 Å². The summed E-state index contributed by atoms with van der Waals surface area (Å²) >= 11 is 3.71. The first-order chi connectivity index (χ1) is 9.13. The van der Waals surface area contributed by atoms with Gasteiger partial charge in [-0.05, 0) is 42.6 Å². The van der Waals surface area contributed by atoms with Gasteiger partial charge in [-0.1, -0.05) is 47.1 Å². The van der Waals surface area contributed by atoms with Gasteiger partial charge in [0, 0.05) is 16.9 Å². The van der Waals surface area contributed by atoms with E-state index in [1.54, 1.807) is 0 Å². The third kappa shape index (κ3) is 3.23. The second kappa shape index (κ2) is 6.31. The van der Waals surface area contributed by atoms with E-state index in [0.717, 1.165) is 6.54 Å². The molecule has 1 aromatic heterocycles. The Hall–Kier alpha value is -1.19. The van der Waals surface area contributed by atoms with Crippen LogP contribution in [0.2, 0.25) is 0 Å². The number of hydrogen-bond donors (Lipinski definition) is 1. The minimum absolute atomic E-state index is 0.173. The minimum atomic E-state index is 0.173. The summed E-state index contributed by atoms with van der Waals surface area (Å²) in [5.74, 6) is 0. The van der Waals surface area contributed by atoms with Crippen LogP contribution < -0.4 is 5.32 Å². The lowest BCUT2D eigenvalue weighted by Gasteiger charge is -2.21. The van der Waals surface area contributed by atoms with Crippen LogP contribution in [0.3, 0.4) is 0 Å². The number of aromatic nitrogens is 1. The van der Waals surface area contributed by atoms with Crippen LogP contribution in [-0.4, -0.2) is 11.5 Å². The monoisotopic (exact) mass is 318 g/mol. The molecular formula is C16H19BrN2. The minimum Gasteiger partial charge on any atom is -0.306 e. The first-order valence-corrected chi connectivity index (χ1v) is 7.32. The first-order valence-electron chi connectivity index (χ1n) is 6.53. The highest BCUT2D eigenvalue weighted by Gasteiger charge is 2.17. The van der Waals surface area contributed by atoms with Gasteiger partial charge < -0.3 is 5.32 Å². The van der Waals surface area contributed by atoms with E-state index in [-0.39, 0.29) is 6.04 Å². The molecule has 2 nitrogen and oxygen atoms in total. The Balaban J connectivity index is 2.48. The Kier molecular flexibility index (Phi) is 4.72. The highest BCUT2D eigenvalue weighted by molar-refractivity contribution is 9.10. The zero-order valence-electron chi connectivity index (χ0n) is 11.6. The SMILES string of the molecule is CCNC(c1cncc(C)c1)c1cccc(C)c1Br. The number of benzene rings is 1. The smallest absolute Gasteiger partial charge is 0.0603 e. The molecule has 0 saturated carbocycles. The van der Waals surface area contributed by atoms with Crippen LogP contribution in [0.15, 0.2) is 41.1 Å². The van der Waals surface area contributed by atoms with Gasteiger partial charge in [0.25, 0.3) is 0 Å². The van der Waals surface area contributed by atoms with Crippen molar-refractivity contribution < 1.29 is 0 Å². The molecule has 0 amide bonds. The molecule has 0 saturated heterocycles. The van der Waals surface area contributed by atoms with Crippen LogP contribution in [0.1, 0.15) is 35.2 Å². The second-order valence-corrected chi connectivity index (χ2v) is 5.56. The largest absolute Gasteiger partial charge is 0.306 e. The van der Waals surface area contributed by atoms with E-state index in [4.69, 9.17) is 0 Å². The van der Waals surface area contributed by atoms with Crippen molar-refractivity contribution in [3.05, 3.63) is 63.4 Å². The summed E-state index contributed by atoms with van der Waals surface area (Å²) in [5.41, 5.74) is 4.90. The molecular weight excluding hydrogens is 300 g/mol. The van der Waals surface area contributed by atoms with Gasteiger partial charge in [0.05, 0.1) is 6.04 Å². The van der Waals surface area contributed by atoms with Crippen LogP contribution in [0.25, 0.3) is 0 Å². The van der Waals surface area contributed by atoms with Gasteiger partial charge in [-0.3, -0.25) is 4.98 Å². The third-order valence-corrected chi connectivity index (χ3v) is 4.25. The molecule has 1 unspecified atom stereocenters. The zero-order valence-corrected chi connectivity index (χ0v) is 13.2. The van der Waals surface area contributed by atoms with Crippen molar-refractivity contribution in [3.8, 4) is 0 Å². The Morgan fingerprint density at radius 1 is 1.26 bits per heavy atom. The molecule has 19 heavy (non-hydrogen) atoms. The molecule has 0 aliphatic carbocycles. The fourth-order valence-corrected chi connectivity index (χ4v) is 2.73. The maximum atomic E-state index is 4.31. The highest BCUT2D eigenvalue weighted by atomic mass is 79.9. The maximum absolute atomic E-state index is 4.31. The lowest BCUT2D eigenvalue weighted by atomic mass is 9.98. The summed E-state index contributed by atoms with van der Waals surface area (Å²) in [5, 5.41) is 3.54. The Bertz CT molecular complexity index is 566. The Labute approximate surface area is 123 Å². The van der Waals surface area contributed by atoms with Crippen LogP contribution in [0, 0.1) is 13.8 Å². The number of hydrogen-bond acceptors (Lipinski definition) is 2. The standard InChI is InChI=1S/C16H19BrN2/c1-4-19-16(13-8-11(2)9-18-10-13)14-7-5-6-12(3)15(14)17/h5-10,16,19H,4H2,1-3H3. The normalized spacial score (nSPS) is 12.4. The number of halogens is 1. The molecule has 0 radical (unpaired) electrons. The van der Waals surface area contributed by atoms with E-state index >= 15 is 0 Å². The van der Waals surface area contributed by atoms with E-state index in [9.17, 15) is 0 Å². The fraction of sp³-hybridized carbons (Fsp3) is 0.312. The molecule has 3 heteroatoms. The predicted octanol–water partition coefficient (Wildman–Crippen LogP) is 4.16. The number of pyridine rings is 1. The van der Waals surface area contributed by atoms with Gasteiger partial charge in [-0.25, -0.2) is 0 Å². The predicted molar refractivity (Wildman–Crippen MR) is 83.4 cm³/mol. The van der Waals surface area contributed by atoms with E-state index in [0.29, 0.717) is 0 Å². The van der Waals surface area contributed by atoms with Crippen molar-refractivity contribution in [2.75, 3.05) is 6.54 Å². The number of nitrogens with zero attached hydrogens (tertiary/aromatic N) is 1. The Morgan fingerprint density at radius 2 is 2.05 bits per heavy atom. The molecule has 1 heterocycles. The molecule has 0 aliphatic rings. The molecule has 0 bridgehead atoms. The van der Waals surface area contributed by atoms with Crippen molar-refractivity contribution in [1.29, 1.82) is 0 Å². The molecule has 1 aromatic carbocycles. The Morgan fingerprint density at radius 3 is 2.74 bits per heavy atom. The number of nitrogens with one attached hydrogen (secondary N) is 1. The molecule has 100 valence electrons. The molecule has 1 N–H and O–H groups in total. The molecule has 0 aliphatic heterocycles. The molecule has 0 fully saturated rings. The maximum Gasteiger partial charge on any atom is 0.0603 e. The second-order valence-electron chi connectivity index (χ2n) is 4.76. The summed E-state index contributed by atoms with van der Waals surface area (Å²) in [4.78, 5) is 4.31. The summed E-state index contributed by atoms with van der Waals surface area (Å²) in [6.45, 7) is 7.23. The third-order valence-electron chi connectivity index (χ3n) is 3.17. The van der Waals surface area contributed by atoms with Crippen molar-refractivity contribution >= 4 is 15.9 Å². The van der Waals surface area contributed by atoms with Crippen molar-refractivity contribution in [3.63, 3.8) is 0 Å².